The molecule has 0 unspecified atom stereocenters. The van der Waals surface area contributed by atoms with Gasteiger partial charge in [0.25, 0.3) is 0 Å². The van der Waals surface area contributed by atoms with Crippen molar-refractivity contribution in [3.63, 3.8) is 0 Å². The van der Waals surface area contributed by atoms with Crippen LogP contribution in [0.4, 0.5) is 0 Å². The van der Waals surface area contributed by atoms with Crippen LogP contribution in [-0.4, -0.2) is 45.2 Å². The molecule has 2 aliphatic rings. The van der Waals surface area contributed by atoms with Gasteiger partial charge in [0.1, 0.15) is 0 Å². The average Bonchev–Trinajstić information content (AvgIpc) is 3.17. The number of carbonyl (C=O) groups is 2. The second kappa shape index (κ2) is 6.67. The maximum absolute atomic E-state index is 12.7. The summed E-state index contributed by atoms with van der Waals surface area (Å²) in [6.45, 7) is 1.34. The fraction of sp³-hybridized carbons (Fsp3) is 0.350. The third kappa shape index (κ3) is 3.14. The molecule has 4 rings (SSSR count). The van der Waals surface area contributed by atoms with Crippen molar-refractivity contribution in [2.24, 2.45) is 0 Å². The first-order valence-corrected chi connectivity index (χ1v) is 8.74. The maximum atomic E-state index is 12.7. The molecule has 2 saturated heterocycles. The second-order valence-corrected chi connectivity index (χ2v) is 6.75. The van der Waals surface area contributed by atoms with Crippen LogP contribution in [0, 0.1) is 0 Å². The molecular weight excluding hydrogens is 314 g/mol. The van der Waals surface area contributed by atoms with E-state index in [2.05, 4.69) is 4.98 Å². The monoisotopic (exact) mass is 335 g/mol. The lowest BCUT2D eigenvalue weighted by atomic mass is 10.1. The van der Waals surface area contributed by atoms with Gasteiger partial charge in [-0.15, -0.1) is 0 Å². The maximum Gasteiger partial charge on any atom is 0.227 e. The van der Waals surface area contributed by atoms with Crippen molar-refractivity contribution >= 4 is 11.8 Å². The van der Waals surface area contributed by atoms with E-state index < -0.39 is 0 Å². The van der Waals surface area contributed by atoms with E-state index >= 15 is 0 Å². The smallest absolute Gasteiger partial charge is 0.227 e. The van der Waals surface area contributed by atoms with Gasteiger partial charge >= 0.3 is 0 Å². The molecule has 25 heavy (non-hydrogen) atoms. The molecule has 0 radical (unpaired) electrons. The number of hydrogen-bond acceptors (Lipinski definition) is 3. The Balaban J connectivity index is 1.45. The van der Waals surface area contributed by atoms with Crippen LogP contribution < -0.4 is 0 Å². The summed E-state index contributed by atoms with van der Waals surface area (Å²) in [5.41, 5.74) is 2.10. The van der Waals surface area contributed by atoms with Crippen molar-refractivity contribution in [2.75, 3.05) is 6.54 Å². The van der Waals surface area contributed by atoms with Crippen molar-refractivity contribution in [1.82, 2.24) is 14.8 Å². The fourth-order valence-corrected chi connectivity index (χ4v) is 4.00. The van der Waals surface area contributed by atoms with Crippen LogP contribution in [0.2, 0.25) is 0 Å². The minimum Gasteiger partial charge on any atom is -0.337 e. The first-order chi connectivity index (χ1) is 12.2. The average molecular weight is 335 g/mol. The summed E-state index contributed by atoms with van der Waals surface area (Å²) in [6, 6.07) is 13.8. The van der Waals surface area contributed by atoms with Gasteiger partial charge in [-0.3, -0.25) is 14.6 Å². The van der Waals surface area contributed by atoms with Crippen LogP contribution in [-0.2, 0) is 22.6 Å². The summed E-state index contributed by atoms with van der Waals surface area (Å²) in [4.78, 5) is 33.1. The predicted octanol–water partition coefficient (Wildman–Crippen LogP) is 2.03. The Morgan fingerprint density at radius 2 is 1.80 bits per heavy atom. The van der Waals surface area contributed by atoms with E-state index in [1.54, 1.807) is 12.4 Å². The number of pyridine rings is 1. The van der Waals surface area contributed by atoms with Crippen LogP contribution in [0.3, 0.4) is 0 Å². The molecule has 1 aromatic carbocycles. The van der Waals surface area contributed by atoms with Crippen LogP contribution in [0.25, 0.3) is 0 Å². The van der Waals surface area contributed by atoms with Gasteiger partial charge in [0, 0.05) is 31.9 Å². The SMILES string of the molecule is O=C(Cc1ccccc1)N1CC[C@H]2[C@H]1CC(=O)N2Cc1ccncc1. The first kappa shape index (κ1) is 15.8. The minimum absolute atomic E-state index is 0.0190. The molecule has 0 spiro atoms. The molecule has 5 nitrogen and oxygen atoms in total. The van der Waals surface area contributed by atoms with Gasteiger partial charge in [-0.05, 0) is 29.7 Å². The predicted molar refractivity (Wildman–Crippen MR) is 93.5 cm³/mol. The van der Waals surface area contributed by atoms with Gasteiger partial charge in [-0.25, -0.2) is 0 Å². The number of carbonyl (C=O) groups excluding carboxylic acids is 2. The Morgan fingerprint density at radius 1 is 1.04 bits per heavy atom. The minimum atomic E-state index is 0.0190. The molecule has 3 heterocycles. The van der Waals surface area contributed by atoms with Gasteiger partial charge in [0.15, 0.2) is 0 Å². The molecule has 1 aromatic heterocycles. The van der Waals surface area contributed by atoms with E-state index in [-0.39, 0.29) is 23.9 Å². The van der Waals surface area contributed by atoms with Gasteiger partial charge in [-0.1, -0.05) is 30.3 Å². The van der Waals surface area contributed by atoms with Gasteiger partial charge in [-0.2, -0.15) is 0 Å². The Labute approximate surface area is 147 Å². The van der Waals surface area contributed by atoms with E-state index in [0.717, 1.165) is 24.1 Å². The van der Waals surface area contributed by atoms with Gasteiger partial charge in [0.05, 0.1) is 18.5 Å². The molecule has 5 heteroatoms. The van der Waals surface area contributed by atoms with E-state index in [0.29, 0.717) is 19.4 Å². The summed E-state index contributed by atoms with van der Waals surface area (Å²) < 4.78 is 0. The highest BCUT2D eigenvalue weighted by Gasteiger charge is 2.47. The highest BCUT2D eigenvalue weighted by atomic mass is 16.2. The molecule has 0 N–H and O–H groups in total. The summed E-state index contributed by atoms with van der Waals surface area (Å²) in [5.74, 6) is 0.265. The number of aromatic nitrogens is 1. The highest BCUT2D eigenvalue weighted by molar-refractivity contribution is 5.84. The number of benzene rings is 1. The molecule has 2 amide bonds. The Hall–Kier alpha value is -2.69. The summed E-state index contributed by atoms with van der Waals surface area (Å²) in [6.07, 6.45) is 5.20. The molecule has 0 saturated carbocycles. The Morgan fingerprint density at radius 3 is 2.56 bits per heavy atom. The van der Waals surface area contributed by atoms with E-state index in [1.807, 2.05) is 52.3 Å². The van der Waals surface area contributed by atoms with E-state index in [1.165, 1.54) is 0 Å². The molecule has 0 aliphatic carbocycles. The molecular formula is C20H21N3O2. The number of amides is 2. The third-order valence-electron chi connectivity index (χ3n) is 5.24. The van der Waals surface area contributed by atoms with E-state index in [9.17, 15) is 9.59 Å². The van der Waals surface area contributed by atoms with E-state index in [4.69, 9.17) is 0 Å². The quantitative estimate of drug-likeness (QED) is 0.859. The Bertz CT molecular complexity index is 763. The zero-order valence-electron chi connectivity index (χ0n) is 14.0. The molecule has 0 bridgehead atoms. The van der Waals surface area contributed by atoms with Crippen molar-refractivity contribution in [3.05, 3.63) is 66.0 Å². The molecule has 2 aromatic rings. The number of nitrogens with zero attached hydrogens (tertiary/aromatic N) is 3. The third-order valence-corrected chi connectivity index (χ3v) is 5.24. The van der Waals surface area contributed by atoms with Crippen molar-refractivity contribution in [3.8, 4) is 0 Å². The van der Waals surface area contributed by atoms with Crippen molar-refractivity contribution in [2.45, 2.75) is 37.9 Å². The second-order valence-electron chi connectivity index (χ2n) is 6.75. The standard InChI is InChI=1S/C20H21N3O2/c24-19(12-15-4-2-1-3-5-15)22-11-8-17-18(22)13-20(25)23(17)14-16-6-9-21-10-7-16/h1-7,9-10,17-18H,8,11-14H2/t17-,18+/m0/s1. The molecule has 2 fully saturated rings. The summed E-state index contributed by atoms with van der Waals surface area (Å²) >= 11 is 0. The van der Waals surface area contributed by atoms with Gasteiger partial charge < -0.3 is 9.80 Å². The van der Waals surface area contributed by atoms with Crippen LogP contribution in [0.15, 0.2) is 54.9 Å². The molecule has 2 atom stereocenters. The van der Waals surface area contributed by atoms with Crippen LogP contribution in [0.1, 0.15) is 24.0 Å². The molecule has 2 aliphatic heterocycles. The number of rotatable bonds is 4. The summed E-state index contributed by atoms with van der Waals surface area (Å²) in [5, 5.41) is 0. The van der Waals surface area contributed by atoms with Gasteiger partial charge in [0.2, 0.25) is 11.8 Å². The fourth-order valence-electron chi connectivity index (χ4n) is 4.00. The zero-order valence-corrected chi connectivity index (χ0v) is 14.0. The lowest BCUT2D eigenvalue weighted by Gasteiger charge is -2.25. The first-order valence-electron chi connectivity index (χ1n) is 8.74. The zero-order chi connectivity index (χ0) is 17.2. The summed E-state index contributed by atoms with van der Waals surface area (Å²) in [7, 11) is 0. The lowest BCUT2D eigenvalue weighted by Crippen LogP contribution is -2.40. The number of fused-ring (bicyclic) bond motifs is 1. The van der Waals surface area contributed by atoms with Crippen molar-refractivity contribution < 1.29 is 9.59 Å². The molecule has 128 valence electrons. The Kier molecular flexibility index (Phi) is 4.22. The highest BCUT2D eigenvalue weighted by Crippen LogP contribution is 2.33. The number of hydrogen-bond donors (Lipinski definition) is 0. The largest absolute Gasteiger partial charge is 0.337 e. The van der Waals surface area contributed by atoms with Crippen LogP contribution in [0.5, 0.6) is 0 Å². The van der Waals surface area contributed by atoms with Crippen molar-refractivity contribution in [1.29, 1.82) is 0 Å². The normalized spacial score (nSPS) is 22.3. The lowest BCUT2D eigenvalue weighted by molar-refractivity contribution is -0.131. The number of likely N-dealkylation sites (tertiary alicyclic amines) is 2. The topological polar surface area (TPSA) is 53.5 Å². The van der Waals surface area contributed by atoms with Crippen LogP contribution >= 0.6 is 0 Å².